The molecule has 0 radical (unpaired) electrons. The van der Waals surface area contributed by atoms with E-state index < -0.39 is 76.6 Å². The smallest absolute Gasteiger partial charge is 0.456 e. The van der Waals surface area contributed by atoms with E-state index in [9.17, 15) is 42.7 Å². The molecule has 0 N–H and O–H groups in total. The van der Waals surface area contributed by atoms with E-state index in [1.54, 1.807) is 30.3 Å². The molecule has 2 heterocycles. The number of carbonyl (C=O) groups excluding carboxylic acids is 3. The van der Waals surface area contributed by atoms with Crippen molar-refractivity contribution in [3.8, 4) is 0 Å². The van der Waals surface area contributed by atoms with Crippen molar-refractivity contribution in [2.24, 2.45) is 5.92 Å². The zero-order valence-corrected chi connectivity index (χ0v) is 23.6. The molecular weight excluding hydrogens is 596 g/mol. The van der Waals surface area contributed by atoms with Gasteiger partial charge in [0, 0.05) is 18.4 Å². The van der Waals surface area contributed by atoms with Crippen molar-refractivity contribution in [3.63, 3.8) is 0 Å². The molecule has 2 aromatic carbocycles. The summed E-state index contributed by atoms with van der Waals surface area (Å²) in [5, 5.41) is 8.47. The van der Waals surface area contributed by atoms with Gasteiger partial charge in [0.1, 0.15) is 30.6 Å². The number of amides is 1. The molecule has 2 aliphatic rings. The number of esters is 1. The first kappa shape index (κ1) is 30.2. The summed E-state index contributed by atoms with van der Waals surface area (Å²) in [4.78, 5) is 51.5. The van der Waals surface area contributed by atoms with Crippen molar-refractivity contribution in [2.75, 3.05) is 6.26 Å². The molecular formula is C25H22N4O11S2. The van der Waals surface area contributed by atoms with E-state index in [1.165, 1.54) is 31.2 Å². The molecule has 2 aliphatic heterocycles. The molecule has 17 heteroatoms. The lowest BCUT2D eigenvalue weighted by atomic mass is 9.91. The first-order chi connectivity index (χ1) is 19.8. The Balaban J connectivity index is 1.53. The average Bonchev–Trinajstić information content (AvgIpc) is 2.94. The molecule has 0 aromatic heterocycles. The van der Waals surface area contributed by atoms with Crippen molar-refractivity contribution in [3.05, 3.63) is 92.0 Å². The molecule has 15 nitrogen and oxygen atoms in total. The van der Waals surface area contributed by atoms with E-state index in [1.807, 2.05) is 0 Å². The third-order valence-corrected chi connectivity index (χ3v) is 9.17. The van der Waals surface area contributed by atoms with Crippen molar-refractivity contribution in [1.29, 1.82) is 0 Å². The van der Waals surface area contributed by atoms with Gasteiger partial charge in [-0.3, -0.25) is 19.8 Å². The van der Waals surface area contributed by atoms with Crippen LogP contribution < -0.4 is 0 Å². The third kappa shape index (κ3) is 5.97. The summed E-state index contributed by atoms with van der Waals surface area (Å²) in [6.07, 6.45) is -1.82. The largest absolute Gasteiger partial charge is 0.508 e. The molecule has 1 amide bonds. The average molecular weight is 619 g/mol. The third-order valence-electron chi connectivity index (χ3n) is 6.30. The molecule has 4 rings (SSSR count). The van der Waals surface area contributed by atoms with E-state index in [2.05, 4.69) is 4.79 Å². The summed E-state index contributed by atoms with van der Waals surface area (Å²) < 4.78 is 54.0. The maximum absolute atomic E-state index is 13.3. The van der Waals surface area contributed by atoms with Gasteiger partial charge in [0.05, 0.1) is 4.92 Å². The minimum atomic E-state index is -4.38. The number of fused-ring (bicyclic) bond motifs is 1. The van der Waals surface area contributed by atoms with Gasteiger partial charge in [0.2, 0.25) is 5.91 Å². The van der Waals surface area contributed by atoms with Crippen molar-refractivity contribution >= 4 is 49.4 Å². The first-order valence-corrected chi connectivity index (χ1v) is 15.1. The SMILES string of the molecule is CC(OC(=O)OCc1ccc([N+](=O)[O-])cc1)[C@H]1C(=O)N2C(C(=O)OCc3ccccc3)=C(S(C)(=O)=O)C(=[N+]=[N-])S(=O)[C@H]12. The van der Waals surface area contributed by atoms with Gasteiger partial charge < -0.3 is 19.7 Å². The van der Waals surface area contributed by atoms with Crippen molar-refractivity contribution in [1.82, 2.24) is 4.90 Å². The van der Waals surface area contributed by atoms with Gasteiger partial charge in [0.25, 0.3) is 5.69 Å². The molecule has 42 heavy (non-hydrogen) atoms. The molecule has 2 unspecified atom stereocenters. The van der Waals surface area contributed by atoms with E-state index >= 15 is 0 Å². The number of nitrogens with zero attached hydrogens (tertiary/aromatic N) is 4. The molecule has 0 bridgehead atoms. The highest BCUT2D eigenvalue weighted by Gasteiger charge is 2.64. The predicted molar refractivity (Wildman–Crippen MR) is 143 cm³/mol. The number of nitro groups is 1. The molecule has 2 aromatic rings. The molecule has 0 spiro atoms. The number of ether oxygens (including phenoxy) is 3. The van der Waals surface area contributed by atoms with Crippen LogP contribution in [0.2, 0.25) is 0 Å². The monoisotopic (exact) mass is 618 g/mol. The first-order valence-electron chi connectivity index (χ1n) is 12.0. The number of hydrogen-bond acceptors (Lipinski definition) is 11. The summed E-state index contributed by atoms with van der Waals surface area (Å²) >= 11 is 0. The van der Waals surface area contributed by atoms with Gasteiger partial charge in [-0.1, -0.05) is 30.3 Å². The fourth-order valence-electron chi connectivity index (χ4n) is 4.32. The zero-order chi connectivity index (χ0) is 30.8. The van der Waals surface area contributed by atoms with Gasteiger partial charge in [-0.05, 0) is 30.2 Å². The highest BCUT2D eigenvalue weighted by atomic mass is 32.2. The van der Waals surface area contributed by atoms with E-state index in [0.29, 0.717) is 22.3 Å². The second-order valence-electron chi connectivity index (χ2n) is 9.12. The van der Waals surface area contributed by atoms with E-state index in [4.69, 9.17) is 14.2 Å². The maximum Gasteiger partial charge on any atom is 0.508 e. The number of sulfone groups is 1. The highest BCUT2D eigenvalue weighted by molar-refractivity contribution is 8.06. The number of nitro benzene ring substituents is 1. The summed E-state index contributed by atoms with van der Waals surface area (Å²) in [7, 11) is -6.86. The molecule has 4 atom stereocenters. The molecule has 1 saturated heterocycles. The normalized spacial score (nSPS) is 20.5. The van der Waals surface area contributed by atoms with Gasteiger partial charge >= 0.3 is 17.2 Å². The van der Waals surface area contributed by atoms with Gasteiger partial charge in [-0.2, -0.15) is 4.79 Å². The van der Waals surface area contributed by atoms with Gasteiger partial charge in [-0.15, -0.1) is 0 Å². The van der Waals surface area contributed by atoms with E-state index in [0.717, 1.165) is 0 Å². The molecule has 1 fully saturated rings. The zero-order valence-electron chi connectivity index (χ0n) is 21.9. The van der Waals surface area contributed by atoms with Crippen LogP contribution in [0.25, 0.3) is 5.53 Å². The lowest BCUT2D eigenvalue weighted by Gasteiger charge is -2.48. The molecule has 0 aliphatic carbocycles. The fourth-order valence-corrected chi connectivity index (χ4v) is 7.50. The Hall–Kier alpha value is -4.73. The van der Waals surface area contributed by atoms with Crippen LogP contribution in [-0.4, -0.2) is 68.0 Å². The van der Waals surface area contributed by atoms with Crippen LogP contribution in [0.1, 0.15) is 18.1 Å². The van der Waals surface area contributed by atoms with Crippen LogP contribution in [0.4, 0.5) is 10.5 Å². The Labute approximate surface area is 240 Å². The Bertz CT molecular complexity index is 1670. The molecule has 0 saturated carbocycles. The summed E-state index contributed by atoms with van der Waals surface area (Å²) in [6, 6.07) is 13.5. The second-order valence-corrected chi connectivity index (χ2v) is 12.5. The van der Waals surface area contributed by atoms with Crippen molar-refractivity contribution in [2.45, 2.75) is 31.6 Å². The van der Waals surface area contributed by atoms with Crippen LogP contribution in [-0.2, 0) is 57.7 Å². The quantitative estimate of drug-likeness (QED) is 0.0986. The number of rotatable bonds is 9. The summed E-state index contributed by atoms with van der Waals surface area (Å²) in [5.74, 6) is -3.48. The molecule has 220 valence electrons. The standard InChI is InChI=1S/C25H22N4O11S2/c1-14(40-25(32)39-13-16-8-10-17(11-9-16)29(33)34)18-22(30)28-19(24(31)38-12-15-6-4-3-5-7-15)20(42(2,36)37)21(27-26)41(35)23(18)28/h3-11,14,18,23H,12-13H2,1-2H3/t14?,18-,23+,41?/m0/s1. The van der Waals surface area contributed by atoms with Gasteiger partial charge in [-0.25, -0.2) is 22.2 Å². The Morgan fingerprint density at radius 2 is 1.69 bits per heavy atom. The number of carbonyl (C=O) groups is 3. The number of hydrogen-bond donors (Lipinski definition) is 0. The number of β-lactam (4-membered cyclic amide) rings is 1. The van der Waals surface area contributed by atoms with Crippen LogP contribution in [0.3, 0.4) is 0 Å². The van der Waals surface area contributed by atoms with Gasteiger partial charge in [0.15, 0.2) is 31.2 Å². The maximum atomic E-state index is 13.3. The minimum Gasteiger partial charge on any atom is -0.456 e. The Morgan fingerprint density at radius 1 is 1.10 bits per heavy atom. The Morgan fingerprint density at radius 3 is 2.26 bits per heavy atom. The van der Waals surface area contributed by atoms with Crippen molar-refractivity contribution < 1.29 is 50.9 Å². The lowest BCUT2D eigenvalue weighted by Crippen LogP contribution is -2.69. The summed E-state index contributed by atoms with van der Waals surface area (Å²) in [6.45, 7) is 0.692. The predicted octanol–water partition coefficient (Wildman–Crippen LogP) is 1.81. The van der Waals surface area contributed by atoms with Crippen LogP contribution in [0, 0.1) is 16.0 Å². The van der Waals surface area contributed by atoms with Crippen LogP contribution in [0.15, 0.2) is 65.2 Å². The lowest BCUT2D eigenvalue weighted by molar-refractivity contribution is -0.384. The Kier molecular flexibility index (Phi) is 8.65. The second kappa shape index (κ2) is 12.0. The summed E-state index contributed by atoms with van der Waals surface area (Å²) in [5.41, 5.74) is 9.62. The topological polar surface area (TPSA) is 213 Å². The van der Waals surface area contributed by atoms with E-state index in [-0.39, 0.29) is 18.9 Å². The number of benzene rings is 2. The van der Waals surface area contributed by atoms with Crippen LogP contribution >= 0.6 is 0 Å². The fraction of sp³-hybridized carbons (Fsp3) is 0.280. The van der Waals surface area contributed by atoms with Crippen LogP contribution in [0.5, 0.6) is 0 Å². The highest BCUT2D eigenvalue weighted by Crippen LogP contribution is 2.43. The minimum absolute atomic E-state index is 0.161. The number of non-ortho nitro benzene ring substituents is 1.